The Morgan fingerprint density at radius 1 is 0.449 bits per heavy atom. The summed E-state index contributed by atoms with van der Waals surface area (Å²) in [6.45, 7) is 40.6. The molecule has 2 aliphatic carbocycles. The van der Waals surface area contributed by atoms with Crippen LogP contribution in [0.2, 0.25) is 0 Å². The van der Waals surface area contributed by atoms with Crippen molar-refractivity contribution in [1.29, 1.82) is 0 Å². The summed E-state index contributed by atoms with van der Waals surface area (Å²) in [6.07, 6.45) is 20.3. The van der Waals surface area contributed by atoms with E-state index in [1.54, 1.807) is 141 Å². The number of ether oxygens (including phenoxy) is 5. The number of carbonyl (C=O) groups is 10. The van der Waals surface area contributed by atoms with Crippen molar-refractivity contribution < 1.29 is 116 Å². The van der Waals surface area contributed by atoms with Gasteiger partial charge in [0, 0.05) is 149 Å². The number of urea groups is 2. The molecule has 2 saturated carbocycles. The van der Waals surface area contributed by atoms with Gasteiger partial charge in [-0.15, -0.1) is 0 Å². The van der Waals surface area contributed by atoms with Crippen LogP contribution in [0.4, 0.5) is 90.2 Å². The van der Waals surface area contributed by atoms with Crippen molar-refractivity contribution in [2.75, 3.05) is 91.8 Å². The van der Waals surface area contributed by atoms with Crippen LogP contribution in [0.25, 0.3) is 11.1 Å². The van der Waals surface area contributed by atoms with Gasteiger partial charge in [0.25, 0.3) is 0 Å². The Balaban J connectivity index is 0.000000246. The molecule has 7 aromatic rings. The number of hydrogen-bond acceptors (Lipinski definition) is 26. The fourth-order valence-corrected chi connectivity index (χ4v) is 15.8. The molecule has 5 N–H and O–H groups in total. The van der Waals surface area contributed by atoms with Gasteiger partial charge in [-0.3, -0.25) is 62.9 Å². The number of nitrogens with zero attached hydrogens (tertiary/aromatic N) is 17. The van der Waals surface area contributed by atoms with E-state index < -0.39 is 29.1 Å². The first-order valence-electron chi connectivity index (χ1n) is 44.0. The molecule has 39 nitrogen and oxygen atoms in total. The monoisotopic (exact) mass is 2190 g/mol. The van der Waals surface area contributed by atoms with Crippen molar-refractivity contribution in [2.24, 2.45) is 0 Å². The second-order valence-corrected chi connectivity index (χ2v) is 39.3. The molecule has 11 amide bonds. The molecule has 0 spiro atoms. The molecule has 1 saturated heterocycles. The molecule has 0 unspecified atom stereocenters. The number of rotatable bonds is 9. The molecule has 0 bridgehead atoms. The van der Waals surface area contributed by atoms with Gasteiger partial charge in [-0.25, -0.2) is 58.5 Å². The minimum atomic E-state index is -0.741. The first kappa shape index (κ1) is 116. The third kappa shape index (κ3) is 31.7. The molecule has 15 rings (SSSR count). The van der Waals surface area contributed by atoms with Crippen LogP contribution in [0.1, 0.15) is 195 Å². The number of halogens is 6. The van der Waals surface area contributed by atoms with Gasteiger partial charge in [0.05, 0.1) is 121 Å². The van der Waals surface area contributed by atoms with Crippen LogP contribution in [0.3, 0.4) is 0 Å². The number of anilines is 9. The zero-order valence-corrected chi connectivity index (χ0v) is 91.3. The molecular weight excluding hydrogens is 2080 g/mol. The van der Waals surface area contributed by atoms with Gasteiger partial charge in [-0.05, 0) is 281 Å². The maximum atomic E-state index is 12.8. The molecule has 8 aliphatic rings. The standard InChI is InChI=1S/C20H26N6O3.C14H19BrN4O3.C14H18BrN3O3.C12H19BN2O2.C12H16BrN3O2.C11H13BrN2O.C4H7ClO2.C2H4ClNO.Na.H2O/c1-12(2)29-20(28)24-10-13(3)26(19(27)21-4)18-17(24)7-14(8-22-18)15-9-23-25(11-15)16-5-6-16;1-8(2)22-14(21)18-7-9(3)19(13(20)16-4)12-11(18)5-10(15)6-17-12;1-8(2)21-14(20)17-7-9(3)18(10(4)19)13-12(17)5-11(15)6-16-13;1-11(2)12(3,4)17-13(16-11)9-7-14-15(8-9)10-5-6-10;1-7(2)18-12(17)16-6-8(3)15-11-10(16)4-9(13)5-14-11;1-7-3-4-9-5-10(12)6-13-11(9)14(7)8(2)15;1-3(2)7-4(5)6;1-4-2(3)5;;/h7-9,11-13,16H,5-6,10H2,1-4H3,(H,21,27);5-6,8-9H,7H2,1-4H3,(H,16,20);5-6,8-9H,7H2,1-4H3;7-8,10H,5-6H2,1-4H3;4-5,7-8H,6H2,1-3H3,(H,14,15);5-7H,3-4H2,1-2H3;3H,1-2H3;1H3,(H,4,5);;1H2/q;;;;;;;;+1;/p-1/t13-;2*9-;;8-;7-;;;;/m000.00..../s1. The molecular formula is C89H123BBr4Cl2N21NaO18. The molecule has 47 heteroatoms. The van der Waals surface area contributed by atoms with Crippen molar-refractivity contribution in [2.45, 2.75) is 268 Å². The second kappa shape index (κ2) is 51.7. The van der Waals surface area contributed by atoms with Crippen LogP contribution in [-0.2, 0) is 49.0 Å². The van der Waals surface area contributed by atoms with E-state index in [-0.39, 0.29) is 144 Å². The van der Waals surface area contributed by atoms with Crippen LogP contribution in [-0.4, -0.2) is 235 Å². The summed E-state index contributed by atoms with van der Waals surface area (Å²) < 4.78 is 44.8. The van der Waals surface area contributed by atoms with Gasteiger partial charge in [-0.2, -0.15) is 10.2 Å². The van der Waals surface area contributed by atoms with Crippen molar-refractivity contribution in [3.05, 3.63) is 110 Å². The summed E-state index contributed by atoms with van der Waals surface area (Å²) in [7, 11) is 4.32. The predicted octanol–water partition coefficient (Wildman–Crippen LogP) is 15.1. The molecule has 3 fully saturated rings. The van der Waals surface area contributed by atoms with Gasteiger partial charge in [0.1, 0.15) is 11.6 Å². The van der Waals surface area contributed by atoms with Crippen LogP contribution >= 0.6 is 86.9 Å². The fourth-order valence-electron chi connectivity index (χ4n) is 14.2. The van der Waals surface area contributed by atoms with Crippen molar-refractivity contribution in [3.8, 4) is 11.1 Å². The Labute approximate surface area is 860 Å². The summed E-state index contributed by atoms with van der Waals surface area (Å²) >= 11 is 23.0. The van der Waals surface area contributed by atoms with E-state index in [1.165, 1.54) is 36.6 Å². The van der Waals surface area contributed by atoms with Gasteiger partial charge in [0.15, 0.2) is 17.5 Å². The molecule has 7 aromatic heterocycles. The van der Waals surface area contributed by atoms with E-state index in [0.717, 1.165) is 77.2 Å². The first-order valence-corrected chi connectivity index (χ1v) is 47.9. The quantitative estimate of drug-likeness (QED) is 0.0451. The van der Waals surface area contributed by atoms with E-state index in [2.05, 4.69) is 166 Å². The topological polar surface area (TPSA) is 439 Å². The molecule has 5 atom stereocenters. The summed E-state index contributed by atoms with van der Waals surface area (Å²) in [5.41, 5.74) is 5.05. The van der Waals surface area contributed by atoms with E-state index in [9.17, 15) is 47.9 Å². The summed E-state index contributed by atoms with van der Waals surface area (Å²) in [4.78, 5) is 151. The van der Waals surface area contributed by atoms with Crippen LogP contribution in [0.15, 0.2) is 104 Å². The van der Waals surface area contributed by atoms with E-state index in [4.69, 9.17) is 51.5 Å². The number of hydrogen-bond donors (Lipinski definition) is 4. The number of nitrogens with one attached hydrogen (secondary N) is 4. The molecule has 738 valence electrons. The predicted molar refractivity (Wildman–Crippen MR) is 533 cm³/mol. The number of fused-ring (bicyclic) bond motifs is 5. The minimum Gasteiger partial charge on any atom is -0.870 e. The number of carbonyl (C=O) groups excluding carboxylic acids is 10. The van der Waals surface area contributed by atoms with Gasteiger partial charge in [0.2, 0.25) is 11.8 Å². The fraction of sp³-hybridized carbons (Fsp3) is 0.539. The number of pyridine rings is 5. The van der Waals surface area contributed by atoms with E-state index >= 15 is 0 Å². The molecule has 6 aliphatic heterocycles. The summed E-state index contributed by atoms with van der Waals surface area (Å²) in [5, 5.41) is 18.9. The Bertz CT molecular complexity index is 5300. The maximum Gasteiger partial charge on any atom is 1.00 e. The smallest absolute Gasteiger partial charge is 0.870 e. The van der Waals surface area contributed by atoms with Crippen molar-refractivity contribution in [3.63, 3.8) is 0 Å². The number of aryl methyl sites for hydroxylation is 1. The van der Waals surface area contributed by atoms with Gasteiger partial charge >= 0.3 is 83.9 Å². The zero-order chi connectivity index (χ0) is 99.6. The van der Waals surface area contributed by atoms with Crippen LogP contribution in [0.5, 0.6) is 0 Å². The molecule has 13 heterocycles. The van der Waals surface area contributed by atoms with Gasteiger partial charge in [-0.1, -0.05) is 0 Å². The Morgan fingerprint density at radius 3 is 1.19 bits per heavy atom. The molecule has 0 aromatic carbocycles. The van der Waals surface area contributed by atoms with Crippen molar-refractivity contribution in [1.82, 2.24) is 60.4 Å². The zero-order valence-electron chi connectivity index (χ0n) is 81.4. The second-order valence-electron chi connectivity index (χ2n) is 34.9. The largest absolute Gasteiger partial charge is 1.00 e. The average Bonchev–Trinajstić information content (AvgIpc) is 1.72. The normalized spacial score (nSPS) is 18.1. The minimum absolute atomic E-state index is 0. The van der Waals surface area contributed by atoms with Crippen LogP contribution < -0.4 is 95.5 Å². The maximum absolute atomic E-state index is 12.8. The number of aromatic nitrogens is 9. The van der Waals surface area contributed by atoms with E-state index in [0.29, 0.717) is 78.6 Å². The number of amides is 11. The Morgan fingerprint density at radius 2 is 0.801 bits per heavy atom. The van der Waals surface area contributed by atoms with E-state index in [1.807, 2.05) is 95.3 Å². The third-order valence-corrected chi connectivity index (χ3v) is 23.3. The Hall–Kier alpha value is -9.09. The first-order chi connectivity index (χ1) is 62.9. The van der Waals surface area contributed by atoms with Crippen molar-refractivity contribution >= 4 is 210 Å². The average molecular weight is 2200 g/mol. The summed E-state index contributed by atoms with van der Waals surface area (Å²) in [6, 6.07) is 9.63. The SMILES string of the molecule is CC(=O)N1c2ncc(Br)cc2CC[C@@H]1C.CC(=O)N1c2ncc(Br)cc2N(C(=O)OC(C)C)C[C@@H]1C.CC(C)OC(=O)Cl.CC(C)OC(=O)N1C[C@H](C)Nc2ncc(Br)cc21.CC1(C)OB(c2cnn(C3CC3)c2)OC1(C)C.CNC(=O)Cl.CNC(=O)N1c2ncc(-c3cnn(C4CC4)c3)cc2N(C(=O)OC(C)C)C[C@@H]1C.CNC(=O)N1c2ncc(Br)cc2N(C(=O)OC(C)C)C[C@@H]1C.[Na+].[OH-]. The molecule has 136 heavy (non-hydrogen) atoms. The Kier molecular flexibility index (Phi) is 44.0. The van der Waals surface area contributed by atoms with Crippen LogP contribution in [0, 0.1) is 0 Å². The summed E-state index contributed by atoms with van der Waals surface area (Å²) in [5.74, 6) is 2.84. The van der Waals surface area contributed by atoms with Gasteiger partial charge < -0.3 is 59.7 Å². The third-order valence-electron chi connectivity index (χ3n) is 21.3. The molecule has 0 radical (unpaired) electrons.